The van der Waals surface area contributed by atoms with Crippen LogP contribution in [0.4, 0.5) is 4.39 Å². The number of amides is 1. The Balaban J connectivity index is 0.995. The van der Waals surface area contributed by atoms with Crippen LogP contribution in [0.1, 0.15) is 41.7 Å². The molecule has 3 heterocycles. The van der Waals surface area contributed by atoms with Crippen molar-refractivity contribution in [3.05, 3.63) is 89.9 Å². The molecular weight excluding hydrogens is 567 g/mol. The summed E-state index contributed by atoms with van der Waals surface area (Å²) in [6.07, 6.45) is 4.68. The fourth-order valence-electron chi connectivity index (χ4n) is 6.35. The number of methoxy groups -OCH3 is 1. The van der Waals surface area contributed by atoms with Crippen molar-refractivity contribution >= 4 is 26.5 Å². The largest absolute Gasteiger partial charge is 0.497 e. The second-order valence-corrected chi connectivity index (χ2v) is 13.3. The molecule has 3 aromatic carbocycles. The number of fused-ring (bicyclic) bond motifs is 1. The second kappa shape index (κ2) is 12.4. The molecule has 2 aliphatic rings. The van der Waals surface area contributed by atoms with Gasteiger partial charge in [-0.1, -0.05) is 24.3 Å². The van der Waals surface area contributed by atoms with Crippen molar-refractivity contribution in [2.45, 2.75) is 48.1 Å². The van der Waals surface area contributed by atoms with Gasteiger partial charge < -0.3 is 14.5 Å². The van der Waals surface area contributed by atoms with Crippen LogP contribution in [-0.4, -0.2) is 73.7 Å². The summed E-state index contributed by atoms with van der Waals surface area (Å²) < 4.78 is 45.2. The number of piperidine rings is 2. The van der Waals surface area contributed by atoms with Crippen molar-refractivity contribution in [2.75, 3.05) is 33.3 Å². The predicted octanol–water partition coefficient (Wildman–Crippen LogP) is 5.17. The Labute approximate surface area is 251 Å². The van der Waals surface area contributed by atoms with Gasteiger partial charge in [0, 0.05) is 30.1 Å². The Morgan fingerprint density at radius 1 is 0.860 bits per heavy atom. The summed E-state index contributed by atoms with van der Waals surface area (Å²) in [4.78, 5) is 17.9. The van der Waals surface area contributed by atoms with Crippen LogP contribution >= 0.6 is 0 Å². The highest BCUT2D eigenvalue weighted by atomic mass is 32.2. The number of ether oxygens (including phenoxy) is 1. The molecule has 0 spiro atoms. The van der Waals surface area contributed by atoms with E-state index in [2.05, 4.69) is 15.1 Å². The molecular formula is C33H35FN4O4S. The van der Waals surface area contributed by atoms with Gasteiger partial charge in [-0.3, -0.25) is 4.79 Å². The molecule has 4 aromatic rings. The lowest BCUT2D eigenvalue weighted by Crippen LogP contribution is -2.49. The normalized spacial score (nSPS) is 17.3. The lowest BCUT2D eigenvalue weighted by molar-refractivity contribution is 0.0553. The van der Waals surface area contributed by atoms with Crippen LogP contribution in [0.5, 0.6) is 5.75 Å². The maximum absolute atomic E-state index is 14.3. The van der Waals surface area contributed by atoms with Crippen LogP contribution < -0.4 is 4.74 Å². The van der Waals surface area contributed by atoms with Crippen molar-refractivity contribution in [1.29, 1.82) is 0 Å². The maximum atomic E-state index is 14.3. The predicted molar refractivity (Wildman–Crippen MR) is 161 cm³/mol. The summed E-state index contributed by atoms with van der Waals surface area (Å²) in [5, 5.41) is 9.39. The first kappa shape index (κ1) is 29.2. The monoisotopic (exact) mass is 602 g/mol. The summed E-state index contributed by atoms with van der Waals surface area (Å²) in [6, 6.07) is 20.1. The molecule has 0 N–H and O–H groups in total. The molecule has 1 amide bonds. The summed E-state index contributed by atoms with van der Waals surface area (Å²) >= 11 is 0. The Morgan fingerprint density at radius 2 is 1.56 bits per heavy atom. The number of likely N-dealkylation sites (tertiary alicyclic amines) is 2. The van der Waals surface area contributed by atoms with Crippen molar-refractivity contribution in [2.24, 2.45) is 5.92 Å². The second-order valence-electron chi connectivity index (χ2n) is 11.4. The average molecular weight is 603 g/mol. The maximum Gasteiger partial charge on any atom is 0.254 e. The standard InChI is InChI=1S/C33H35FN4O4S/c1-42-26-7-9-27(10-8-26)43(40,41)32-13-6-24(35-36-32)22-23-14-18-37(19-15-23)25-16-20-38(21-17-25)33(39)30-11-12-31(34)29-5-3-2-4-28(29)30/h2-13,23,25H,14-22H2,1H3. The van der Waals surface area contributed by atoms with Crippen LogP contribution in [-0.2, 0) is 16.3 Å². The van der Waals surface area contributed by atoms with E-state index in [1.807, 2.05) is 17.0 Å². The van der Waals surface area contributed by atoms with Gasteiger partial charge >= 0.3 is 0 Å². The third-order valence-corrected chi connectivity index (χ3v) is 10.5. The van der Waals surface area contributed by atoms with Gasteiger partial charge in [0.05, 0.1) is 17.7 Å². The van der Waals surface area contributed by atoms with E-state index >= 15 is 0 Å². The van der Waals surface area contributed by atoms with Gasteiger partial charge in [0.2, 0.25) is 9.84 Å². The lowest BCUT2D eigenvalue weighted by atomic mass is 9.90. The number of nitrogens with zero attached hydrogens (tertiary/aromatic N) is 4. The molecule has 2 saturated heterocycles. The molecule has 0 aliphatic carbocycles. The molecule has 2 fully saturated rings. The van der Waals surface area contributed by atoms with Crippen molar-refractivity contribution in [3.8, 4) is 5.75 Å². The molecule has 0 saturated carbocycles. The minimum absolute atomic E-state index is 0.0303. The number of sulfone groups is 1. The van der Waals surface area contributed by atoms with Gasteiger partial charge in [-0.15, -0.1) is 5.10 Å². The van der Waals surface area contributed by atoms with Crippen LogP contribution in [0.3, 0.4) is 0 Å². The molecule has 6 rings (SSSR count). The van der Waals surface area contributed by atoms with E-state index in [-0.39, 0.29) is 21.6 Å². The summed E-state index contributed by atoms with van der Waals surface area (Å²) in [5.41, 5.74) is 1.36. The average Bonchev–Trinajstić information content (AvgIpc) is 3.05. The number of aromatic nitrogens is 2. The summed E-state index contributed by atoms with van der Waals surface area (Å²) in [6.45, 7) is 3.36. The molecule has 224 valence electrons. The van der Waals surface area contributed by atoms with E-state index in [0.717, 1.165) is 50.9 Å². The SMILES string of the molecule is COc1ccc(S(=O)(=O)c2ccc(CC3CCN(C4CCN(C(=O)c5ccc(F)c6ccccc56)CC4)CC3)nn2)cc1. The molecule has 10 heteroatoms. The first-order valence-corrected chi connectivity index (χ1v) is 16.2. The zero-order chi connectivity index (χ0) is 30.0. The molecule has 8 nitrogen and oxygen atoms in total. The van der Waals surface area contributed by atoms with Gasteiger partial charge in [0.15, 0.2) is 5.03 Å². The highest BCUT2D eigenvalue weighted by molar-refractivity contribution is 7.91. The van der Waals surface area contributed by atoms with Crippen molar-refractivity contribution in [1.82, 2.24) is 20.0 Å². The number of carbonyl (C=O) groups is 1. The Bertz CT molecular complexity index is 1700. The van der Waals surface area contributed by atoms with Gasteiger partial charge in [0.1, 0.15) is 11.6 Å². The van der Waals surface area contributed by atoms with E-state index in [1.165, 1.54) is 25.3 Å². The Kier molecular flexibility index (Phi) is 8.41. The van der Waals surface area contributed by atoms with Crippen LogP contribution in [0.25, 0.3) is 10.8 Å². The Hall–Kier alpha value is -3.89. The fraction of sp³-hybridized carbons (Fsp3) is 0.364. The highest BCUT2D eigenvalue weighted by Gasteiger charge is 2.31. The van der Waals surface area contributed by atoms with Gasteiger partial charge in [-0.25, -0.2) is 12.8 Å². The molecule has 0 unspecified atom stereocenters. The van der Waals surface area contributed by atoms with Crippen LogP contribution in [0, 0.1) is 11.7 Å². The number of carbonyl (C=O) groups excluding carboxylic acids is 1. The van der Waals surface area contributed by atoms with E-state index in [4.69, 9.17) is 4.74 Å². The van der Waals surface area contributed by atoms with Crippen LogP contribution in [0.2, 0.25) is 0 Å². The smallest absolute Gasteiger partial charge is 0.254 e. The first-order valence-electron chi connectivity index (χ1n) is 14.8. The summed E-state index contributed by atoms with van der Waals surface area (Å²) in [7, 11) is -2.21. The van der Waals surface area contributed by atoms with E-state index in [1.54, 1.807) is 42.5 Å². The third kappa shape index (κ3) is 6.12. The third-order valence-electron chi connectivity index (χ3n) is 8.86. The molecule has 0 bridgehead atoms. The van der Waals surface area contributed by atoms with Crippen molar-refractivity contribution < 1.29 is 22.3 Å². The van der Waals surface area contributed by atoms with Gasteiger partial charge in [0.25, 0.3) is 5.91 Å². The van der Waals surface area contributed by atoms with Crippen LogP contribution in [0.15, 0.2) is 82.7 Å². The molecule has 1 aromatic heterocycles. The van der Waals surface area contributed by atoms with Gasteiger partial charge in [-0.2, -0.15) is 5.10 Å². The van der Waals surface area contributed by atoms with Gasteiger partial charge in [-0.05, 0) is 105 Å². The molecule has 0 radical (unpaired) electrons. The fourth-order valence-corrected chi connectivity index (χ4v) is 7.48. The topological polar surface area (TPSA) is 92.7 Å². The zero-order valence-electron chi connectivity index (χ0n) is 24.2. The molecule has 0 atom stereocenters. The number of hydrogen-bond donors (Lipinski definition) is 0. The highest BCUT2D eigenvalue weighted by Crippen LogP contribution is 2.29. The molecule has 43 heavy (non-hydrogen) atoms. The minimum atomic E-state index is -3.75. The quantitative estimate of drug-likeness (QED) is 0.288. The van der Waals surface area contributed by atoms with E-state index in [0.29, 0.717) is 47.1 Å². The Morgan fingerprint density at radius 3 is 2.21 bits per heavy atom. The lowest BCUT2D eigenvalue weighted by Gasteiger charge is -2.42. The number of rotatable bonds is 7. The first-order chi connectivity index (χ1) is 20.8. The van der Waals surface area contributed by atoms with E-state index < -0.39 is 9.84 Å². The number of halogens is 1. The number of benzene rings is 3. The zero-order valence-corrected chi connectivity index (χ0v) is 25.0. The van der Waals surface area contributed by atoms with E-state index in [9.17, 15) is 17.6 Å². The van der Waals surface area contributed by atoms with Crippen molar-refractivity contribution in [3.63, 3.8) is 0 Å². The summed E-state index contributed by atoms with van der Waals surface area (Å²) in [5.74, 6) is 0.707. The minimum Gasteiger partial charge on any atom is -0.497 e. The number of hydrogen-bond acceptors (Lipinski definition) is 7. The molecule has 2 aliphatic heterocycles.